The fourth-order valence-corrected chi connectivity index (χ4v) is 5.10. The number of rotatable bonds is 7. The summed E-state index contributed by atoms with van der Waals surface area (Å²) in [4.78, 5) is 52.6. The number of alkyl carbamates (subject to hydrolysis) is 1. The van der Waals surface area contributed by atoms with Gasteiger partial charge in [0.1, 0.15) is 11.3 Å². The number of methoxy groups -OCH3 is 1. The Bertz CT molecular complexity index is 1470. The molecule has 1 aromatic heterocycles. The fourth-order valence-electron chi connectivity index (χ4n) is 4.85. The third kappa shape index (κ3) is 6.34. The quantitative estimate of drug-likeness (QED) is 0.286. The summed E-state index contributed by atoms with van der Waals surface area (Å²) in [5.74, 6) is -2.47. The number of aromatic amines is 1. The van der Waals surface area contributed by atoms with Crippen LogP contribution in [0, 0.1) is 0 Å². The van der Waals surface area contributed by atoms with Gasteiger partial charge in [-0.25, -0.2) is 14.4 Å². The van der Waals surface area contributed by atoms with Crippen molar-refractivity contribution in [1.29, 1.82) is 0 Å². The number of aryl methyl sites for hydroxylation is 1. The van der Waals surface area contributed by atoms with Crippen LogP contribution in [0.1, 0.15) is 77.1 Å². The van der Waals surface area contributed by atoms with E-state index < -0.39 is 29.5 Å². The van der Waals surface area contributed by atoms with Gasteiger partial charge < -0.3 is 30.2 Å². The molecule has 0 fully saturated rings. The Balaban J connectivity index is 1.52. The minimum Gasteiger partial charge on any atom is -0.478 e. The number of carbonyl (C=O) groups is 4. The van der Waals surface area contributed by atoms with Gasteiger partial charge in [0.15, 0.2) is 0 Å². The number of ether oxygens (including phenoxy) is 2. The zero-order valence-electron chi connectivity index (χ0n) is 22.1. The Kier molecular flexibility index (Phi) is 7.87. The molecule has 0 saturated carbocycles. The first kappa shape index (κ1) is 28.0. The number of aromatic nitrogens is 1. The Hall–Kier alpha value is -4.05. The molecule has 39 heavy (non-hydrogen) atoms. The molecule has 1 unspecified atom stereocenters. The number of halogens is 1. The van der Waals surface area contributed by atoms with Crippen molar-refractivity contribution in [2.75, 3.05) is 12.4 Å². The second-order valence-electron chi connectivity index (χ2n) is 10.4. The number of carbonyl (C=O) groups excluding carboxylic acids is 3. The van der Waals surface area contributed by atoms with E-state index in [4.69, 9.17) is 21.1 Å². The molecule has 10 nitrogen and oxygen atoms in total. The molecule has 1 atom stereocenters. The van der Waals surface area contributed by atoms with Gasteiger partial charge in [0.05, 0.1) is 18.4 Å². The van der Waals surface area contributed by atoms with Crippen LogP contribution in [0.25, 0.3) is 10.9 Å². The van der Waals surface area contributed by atoms with Crippen molar-refractivity contribution in [2.45, 2.75) is 58.1 Å². The Morgan fingerprint density at radius 3 is 2.56 bits per heavy atom. The summed E-state index contributed by atoms with van der Waals surface area (Å²) in [5, 5.41) is 16.4. The lowest BCUT2D eigenvalue weighted by atomic mass is 9.81. The molecule has 206 valence electrons. The van der Waals surface area contributed by atoms with Gasteiger partial charge >= 0.3 is 18.0 Å². The van der Waals surface area contributed by atoms with Gasteiger partial charge in [0, 0.05) is 28.9 Å². The highest BCUT2D eigenvalue weighted by molar-refractivity contribution is 6.31. The molecule has 0 radical (unpaired) electrons. The summed E-state index contributed by atoms with van der Waals surface area (Å²) < 4.78 is 10.2. The van der Waals surface area contributed by atoms with Crippen molar-refractivity contribution in [3.63, 3.8) is 0 Å². The lowest BCUT2D eigenvalue weighted by molar-refractivity contribution is -0.116. The third-order valence-electron chi connectivity index (χ3n) is 6.40. The van der Waals surface area contributed by atoms with Crippen LogP contribution in [0.2, 0.25) is 5.02 Å². The molecule has 2 aromatic carbocycles. The van der Waals surface area contributed by atoms with Crippen molar-refractivity contribution in [3.8, 4) is 0 Å². The molecule has 2 amide bonds. The normalized spacial score (nSPS) is 14.5. The number of amides is 2. The average Bonchev–Trinajstić information content (AvgIpc) is 3.23. The van der Waals surface area contributed by atoms with Crippen molar-refractivity contribution in [3.05, 3.63) is 63.3 Å². The van der Waals surface area contributed by atoms with Gasteiger partial charge in [-0.05, 0) is 80.5 Å². The number of anilines is 1. The summed E-state index contributed by atoms with van der Waals surface area (Å²) in [7, 11) is 1.29. The van der Waals surface area contributed by atoms with Crippen molar-refractivity contribution in [1.82, 2.24) is 10.3 Å². The number of carboxylic acids is 1. The summed E-state index contributed by atoms with van der Waals surface area (Å²) in [6, 6.07) is 8.08. The molecule has 4 N–H and O–H groups in total. The highest BCUT2D eigenvalue weighted by Gasteiger charge is 2.32. The predicted octanol–water partition coefficient (Wildman–Crippen LogP) is 5.39. The van der Waals surface area contributed by atoms with E-state index in [9.17, 15) is 24.3 Å². The van der Waals surface area contributed by atoms with Gasteiger partial charge in [-0.2, -0.15) is 0 Å². The number of aromatic carboxylic acids is 1. The Labute approximate surface area is 230 Å². The summed E-state index contributed by atoms with van der Waals surface area (Å²) in [6.45, 7) is 5.27. The summed E-state index contributed by atoms with van der Waals surface area (Å²) >= 11 is 6.25. The van der Waals surface area contributed by atoms with Crippen LogP contribution in [0.5, 0.6) is 0 Å². The first-order valence-electron chi connectivity index (χ1n) is 12.4. The second kappa shape index (κ2) is 11.0. The molecule has 1 aliphatic carbocycles. The average molecular weight is 556 g/mol. The van der Waals surface area contributed by atoms with Gasteiger partial charge in [0.25, 0.3) is 0 Å². The van der Waals surface area contributed by atoms with Crippen molar-refractivity contribution >= 4 is 52.1 Å². The van der Waals surface area contributed by atoms with Gasteiger partial charge in [0.2, 0.25) is 5.91 Å². The smallest absolute Gasteiger partial charge is 0.407 e. The fraction of sp³-hybridized carbons (Fsp3) is 0.357. The second-order valence-corrected chi connectivity index (χ2v) is 10.9. The predicted molar refractivity (Wildman–Crippen MR) is 145 cm³/mol. The van der Waals surface area contributed by atoms with Gasteiger partial charge in [-0.3, -0.25) is 4.79 Å². The summed E-state index contributed by atoms with van der Waals surface area (Å²) in [5.41, 5.74) is 2.53. The number of benzene rings is 2. The van der Waals surface area contributed by atoms with E-state index in [1.807, 2.05) is 6.07 Å². The van der Waals surface area contributed by atoms with E-state index >= 15 is 0 Å². The minimum absolute atomic E-state index is 0.0278. The minimum atomic E-state index is -1.23. The highest BCUT2D eigenvalue weighted by Crippen LogP contribution is 2.42. The Morgan fingerprint density at radius 1 is 1.15 bits per heavy atom. The van der Waals surface area contributed by atoms with Gasteiger partial charge in [-0.15, -0.1) is 0 Å². The molecule has 4 rings (SSSR count). The number of hydrogen-bond acceptors (Lipinski definition) is 6. The maximum atomic E-state index is 13.1. The lowest BCUT2D eigenvalue weighted by Gasteiger charge is -2.23. The topological polar surface area (TPSA) is 147 Å². The molecule has 1 heterocycles. The van der Waals surface area contributed by atoms with Gasteiger partial charge in [-0.1, -0.05) is 17.7 Å². The van der Waals surface area contributed by atoms with E-state index in [1.54, 1.807) is 32.9 Å². The zero-order valence-corrected chi connectivity index (χ0v) is 22.8. The van der Waals surface area contributed by atoms with Crippen LogP contribution in [0.3, 0.4) is 0 Å². The van der Waals surface area contributed by atoms with Crippen molar-refractivity contribution < 1.29 is 33.8 Å². The number of carboxylic acid groups (broad SMARTS) is 1. The van der Waals surface area contributed by atoms with Crippen LogP contribution in [0.15, 0.2) is 30.3 Å². The molecular formula is C28H30ClN3O7. The standard InChI is InChI=1S/C28H30ClN3O7/c1-28(2,3)39-27(37)30-13-14-5-8-19(18(9-14)25(34)35)31-21(33)11-16-7-6-15-10-17(29)12-20-22(15)23(16)24(32-20)26(36)38-4/h5,8-10,12,16,32H,6-7,11,13H2,1-4H3,(H,30,37)(H,31,33)(H,34,35). The number of nitrogens with one attached hydrogen (secondary N) is 3. The number of hydrogen-bond donors (Lipinski definition) is 4. The largest absolute Gasteiger partial charge is 0.478 e. The Morgan fingerprint density at radius 2 is 1.90 bits per heavy atom. The monoisotopic (exact) mass is 555 g/mol. The van der Waals surface area contributed by atoms with Crippen LogP contribution < -0.4 is 10.6 Å². The number of H-pyrrole nitrogens is 1. The molecule has 11 heteroatoms. The van der Waals surface area contributed by atoms with Crippen molar-refractivity contribution in [2.24, 2.45) is 0 Å². The SMILES string of the molecule is COC(=O)c1[nH]c2cc(Cl)cc3c2c1C(CC(=O)Nc1ccc(CNC(=O)OC(C)(C)C)cc1C(=O)O)CC3. The van der Waals surface area contributed by atoms with Crippen LogP contribution in [0.4, 0.5) is 10.5 Å². The maximum absolute atomic E-state index is 13.1. The van der Waals surface area contributed by atoms with E-state index in [-0.39, 0.29) is 35.8 Å². The van der Waals surface area contributed by atoms with Crippen LogP contribution in [-0.4, -0.2) is 46.7 Å². The number of esters is 1. The van der Waals surface area contributed by atoms with E-state index in [0.29, 0.717) is 34.5 Å². The molecule has 0 bridgehead atoms. The third-order valence-corrected chi connectivity index (χ3v) is 6.62. The van der Waals surface area contributed by atoms with E-state index in [0.717, 1.165) is 10.9 Å². The first-order chi connectivity index (χ1) is 18.4. The van der Waals surface area contributed by atoms with Crippen LogP contribution >= 0.6 is 11.6 Å². The van der Waals surface area contributed by atoms with Crippen LogP contribution in [-0.2, 0) is 27.2 Å². The maximum Gasteiger partial charge on any atom is 0.407 e. The molecule has 0 spiro atoms. The summed E-state index contributed by atoms with van der Waals surface area (Å²) in [6.07, 6.45) is 0.664. The lowest BCUT2D eigenvalue weighted by Crippen LogP contribution is -2.32. The molecule has 0 aliphatic heterocycles. The molecule has 1 aliphatic rings. The first-order valence-corrected chi connectivity index (χ1v) is 12.8. The molecule has 3 aromatic rings. The molecular weight excluding hydrogens is 526 g/mol. The van der Waals surface area contributed by atoms with E-state index in [2.05, 4.69) is 15.6 Å². The van der Waals surface area contributed by atoms with E-state index in [1.165, 1.54) is 19.2 Å². The zero-order chi connectivity index (χ0) is 28.5. The molecule has 0 saturated heterocycles. The highest BCUT2D eigenvalue weighted by atomic mass is 35.5.